The first-order valence-corrected chi connectivity index (χ1v) is 14.3. The van der Waals surface area contributed by atoms with Crippen LogP contribution in [0.3, 0.4) is 0 Å². The summed E-state index contributed by atoms with van der Waals surface area (Å²) in [5, 5.41) is 4.21. The summed E-state index contributed by atoms with van der Waals surface area (Å²) in [6.45, 7) is 7.25. The lowest BCUT2D eigenvalue weighted by molar-refractivity contribution is 0.108. The van der Waals surface area contributed by atoms with E-state index in [4.69, 9.17) is 9.72 Å². The molecule has 1 N–H and O–H groups in total. The lowest BCUT2D eigenvalue weighted by Gasteiger charge is -2.34. The Morgan fingerprint density at radius 1 is 1.08 bits per heavy atom. The van der Waals surface area contributed by atoms with Crippen molar-refractivity contribution in [2.45, 2.75) is 75.7 Å². The third kappa shape index (κ3) is 4.34. The molecule has 0 saturated carbocycles. The topological polar surface area (TPSA) is 66.4 Å². The minimum absolute atomic E-state index is 0.0280. The van der Waals surface area contributed by atoms with E-state index in [-0.39, 0.29) is 22.8 Å². The Labute approximate surface area is 228 Å². The number of nitrogens with zero attached hydrogens (tertiary/aromatic N) is 5. The molecule has 4 aliphatic rings. The fourth-order valence-corrected chi connectivity index (χ4v) is 7.35. The Bertz CT molecular complexity index is 1390. The van der Waals surface area contributed by atoms with Crippen LogP contribution in [0.15, 0.2) is 30.5 Å². The van der Waals surface area contributed by atoms with E-state index in [0.717, 1.165) is 51.9 Å². The molecule has 2 atom stereocenters. The van der Waals surface area contributed by atoms with Crippen LogP contribution >= 0.6 is 0 Å². The maximum absolute atomic E-state index is 16.4. The number of rotatable bonds is 6. The predicted molar refractivity (Wildman–Crippen MR) is 147 cm³/mol. The maximum atomic E-state index is 16.4. The highest BCUT2D eigenvalue weighted by atomic mass is 19.1. The molecule has 39 heavy (non-hydrogen) atoms. The zero-order chi connectivity index (χ0) is 26.8. The zero-order valence-corrected chi connectivity index (χ0v) is 22.7. The third-order valence-electron chi connectivity index (χ3n) is 9.26. The van der Waals surface area contributed by atoms with Crippen molar-refractivity contribution in [1.82, 2.24) is 25.2 Å². The highest BCUT2D eigenvalue weighted by Gasteiger charge is 2.45. The summed E-state index contributed by atoms with van der Waals surface area (Å²) in [5.74, 6) is 0.0926. The van der Waals surface area contributed by atoms with Crippen LogP contribution < -0.4 is 15.0 Å². The van der Waals surface area contributed by atoms with Gasteiger partial charge in [-0.25, -0.2) is 8.78 Å². The highest BCUT2D eigenvalue weighted by molar-refractivity contribution is 5.92. The van der Waals surface area contributed by atoms with Crippen molar-refractivity contribution in [3.63, 3.8) is 0 Å². The summed E-state index contributed by atoms with van der Waals surface area (Å²) >= 11 is 0. The van der Waals surface area contributed by atoms with Gasteiger partial charge in [-0.05, 0) is 71.0 Å². The molecule has 4 saturated heterocycles. The average Bonchev–Trinajstić information content (AvgIpc) is 3.60. The van der Waals surface area contributed by atoms with E-state index >= 15 is 8.78 Å². The normalized spacial score (nSPS) is 24.5. The molecule has 6 heterocycles. The Morgan fingerprint density at radius 2 is 1.79 bits per heavy atom. The van der Waals surface area contributed by atoms with Gasteiger partial charge >= 0.3 is 6.01 Å². The Morgan fingerprint density at radius 3 is 2.51 bits per heavy atom. The molecule has 1 aromatic carbocycles. The minimum Gasteiger partial charge on any atom is -0.461 e. The summed E-state index contributed by atoms with van der Waals surface area (Å²) in [6, 6.07) is 7.92. The van der Waals surface area contributed by atoms with Crippen LogP contribution in [0.25, 0.3) is 22.2 Å². The van der Waals surface area contributed by atoms with Gasteiger partial charge in [-0.2, -0.15) is 9.97 Å². The fraction of sp³-hybridized carbons (Fsp3) is 0.567. The molecule has 0 aliphatic carbocycles. The SMILES string of the molecule is CC(C)(F)c1ccccc1-c1ncc2c(N3CC4CCC(C3)N4)nc(OCC34CCCN3CCC4)nc2c1F. The summed E-state index contributed by atoms with van der Waals surface area (Å²) < 4.78 is 37.8. The monoisotopic (exact) mass is 534 g/mol. The van der Waals surface area contributed by atoms with Gasteiger partial charge in [-0.1, -0.05) is 24.3 Å². The van der Waals surface area contributed by atoms with Crippen LogP contribution in [0.4, 0.5) is 14.6 Å². The van der Waals surface area contributed by atoms with Gasteiger partial charge in [0, 0.05) is 36.9 Å². The second-order valence-corrected chi connectivity index (χ2v) is 12.3. The zero-order valence-electron chi connectivity index (χ0n) is 22.7. The van der Waals surface area contributed by atoms with Crippen molar-refractivity contribution >= 4 is 16.7 Å². The quantitative estimate of drug-likeness (QED) is 0.478. The van der Waals surface area contributed by atoms with Crippen LogP contribution in [0.2, 0.25) is 0 Å². The molecule has 206 valence electrons. The van der Waals surface area contributed by atoms with Crippen molar-refractivity contribution in [2.24, 2.45) is 0 Å². The molecule has 0 spiro atoms. The largest absolute Gasteiger partial charge is 0.461 e. The standard InChI is InChI=1S/C30H36F2N6O/c1-29(2,32)23-8-4-3-7-21(23)25-24(31)26-22(15-33-25)27(37-16-19-9-10-20(17-37)34-19)36-28(35-26)39-18-30-11-5-13-38(30)14-6-12-30/h3-4,7-8,15,19-20,34H,5-6,9-14,16-18H2,1-2H3. The van der Waals surface area contributed by atoms with Crippen molar-refractivity contribution in [3.8, 4) is 17.3 Å². The van der Waals surface area contributed by atoms with Crippen LogP contribution in [-0.4, -0.2) is 70.3 Å². The van der Waals surface area contributed by atoms with Gasteiger partial charge in [0.1, 0.15) is 29.3 Å². The van der Waals surface area contributed by atoms with E-state index in [2.05, 4.69) is 25.1 Å². The molecule has 2 aromatic heterocycles. The number of piperazine rings is 1. The third-order valence-corrected chi connectivity index (χ3v) is 9.26. The molecule has 0 amide bonds. The van der Waals surface area contributed by atoms with Gasteiger partial charge in [0.05, 0.1) is 10.9 Å². The Balaban J connectivity index is 1.33. The van der Waals surface area contributed by atoms with Crippen LogP contribution in [0, 0.1) is 5.82 Å². The summed E-state index contributed by atoms with van der Waals surface area (Å²) in [7, 11) is 0. The number of hydrogen-bond donors (Lipinski definition) is 1. The van der Waals surface area contributed by atoms with Crippen LogP contribution in [0.5, 0.6) is 6.01 Å². The summed E-state index contributed by atoms with van der Waals surface area (Å²) in [6.07, 6.45) is 8.44. The highest BCUT2D eigenvalue weighted by Crippen LogP contribution is 2.40. The van der Waals surface area contributed by atoms with Crippen LogP contribution in [-0.2, 0) is 5.67 Å². The molecular weight excluding hydrogens is 498 g/mol. The maximum Gasteiger partial charge on any atom is 0.319 e. The van der Waals surface area contributed by atoms with Gasteiger partial charge < -0.3 is 15.0 Å². The molecule has 7 rings (SSSR count). The number of benzene rings is 1. The number of fused-ring (bicyclic) bond motifs is 4. The average molecular weight is 535 g/mol. The van der Waals surface area contributed by atoms with Gasteiger partial charge in [-0.15, -0.1) is 0 Å². The molecule has 0 radical (unpaired) electrons. The van der Waals surface area contributed by atoms with Crippen molar-refractivity contribution in [3.05, 3.63) is 41.8 Å². The minimum atomic E-state index is -1.65. The van der Waals surface area contributed by atoms with Gasteiger partial charge in [0.15, 0.2) is 5.82 Å². The van der Waals surface area contributed by atoms with Crippen molar-refractivity contribution in [2.75, 3.05) is 37.7 Å². The van der Waals surface area contributed by atoms with E-state index in [1.165, 1.54) is 26.7 Å². The van der Waals surface area contributed by atoms with E-state index < -0.39 is 11.5 Å². The number of aromatic nitrogens is 3. The van der Waals surface area contributed by atoms with Crippen molar-refractivity contribution < 1.29 is 13.5 Å². The first kappa shape index (κ1) is 25.1. The number of alkyl halides is 1. The molecule has 9 heteroatoms. The number of pyridine rings is 1. The van der Waals surface area contributed by atoms with Gasteiger partial charge in [-0.3, -0.25) is 9.88 Å². The van der Waals surface area contributed by atoms with E-state index in [0.29, 0.717) is 41.0 Å². The lowest BCUT2D eigenvalue weighted by Crippen LogP contribution is -2.51. The van der Waals surface area contributed by atoms with E-state index in [9.17, 15) is 0 Å². The summed E-state index contributed by atoms with van der Waals surface area (Å²) in [4.78, 5) is 18.8. The van der Waals surface area contributed by atoms with Gasteiger partial charge in [0.2, 0.25) is 0 Å². The van der Waals surface area contributed by atoms with E-state index in [1.54, 1.807) is 30.5 Å². The lowest BCUT2D eigenvalue weighted by atomic mass is 9.92. The predicted octanol–water partition coefficient (Wildman–Crippen LogP) is 4.98. The van der Waals surface area contributed by atoms with Gasteiger partial charge in [0.25, 0.3) is 0 Å². The van der Waals surface area contributed by atoms with E-state index in [1.807, 2.05) is 0 Å². The Kier molecular flexibility index (Phi) is 6.00. The second kappa shape index (κ2) is 9.34. The van der Waals surface area contributed by atoms with Crippen molar-refractivity contribution in [1.29, 1.82) is 0 Å². The molecule has 2 bridgehead atoms. The number of hydrogen-bond acceptors (Lipinski definition) is 7. The fourth-order valence-electron chi connectivity index (χ4n) is 7.35. The molecular formula is C30H36F2N6O. The molecule has 4 fully saturated rings. The Hall–Kier alpha value is -2.91. The van der Waals surface area contributed by atoms with Crippen LogP contribution in [0.1, 0.15) is 57.9 Å². The first-order chi connectivity index (χ1) is 18.8. The first-order valence-electron chi connectivity index (χ1n) is 14.3. The second-order valence-electron chi connectivity index (χ2n) is 12.3. The molecule has 2 unspecified atom stereocenters. The number of nitrogens with one attached hydrogen (secondary N) is 1. The summed E-state index contributed by atoms with van der Waals surface area (Å²) in [5.41, 5.74) is -0.542. The molecule has 7 nitrogen and oxygen atoms in total. The smallest absolute Gasteiger partial charge is 0.319 e. The number of halogens is 2. The molecule has 4 aliphatic heterocycles. The number of anilines is 1. The molecule has 3 aromatic rings. The number of ether oxygens (including phenoxy) is 1.